The zero-order valence-corrected chi connectivity index (χ0v) is 7.62. The van der Waals surface area contributed by atoms with Gasteiger partial charge >= 0.3 is 5.97 Å². The lowest BCUT2D eigenvalue weighted by Crippen LogP contribution is -2.45. The Hall–Kier alpha value is -0.830. The van der Waals surface area contributed by atoms with E-state index in [1.807, 2.05) is 0 Å². The fourth-order valence-corrected chi connectivity index (χ4v) is 1.83. The van der Waals surface area contributed by atoms with Gasteiger partial charge in [0.2, 0.25) is 0 Å². The normalized spacial score (nSPS) is 30.0. The number of carboxylic acids is 1. The van der Waals surface area contributed by atoms with Crippen LogP contribution in [0.5, 0.6) is 0 Å². The molecule has 2 aliphatic rings. The third kappa shape index (κ3) is 1.75. The lowest BCUT2D eigenvalue weighted by molar-refractivity contribution is -0.140. The third-order valence-electron chi connectivity index (χ3n) is 2.88. The van der Waals surface area contributed by atoms with Gasteiger partial charge in [0.15, 0.2) is 0 Å². The van der Waals surface area contributed by atoms with Crippen LogP contribution in [-0.4, -0.2) is 22.7 Å². The maximum absolute atomic E-state index is 10.9. The van der Waals surface area contributed by atoms with Gasteiger partial charge in [0, 0.05) is 6.04 Å². The summed E-state index contributed by atoms with van der Waals surface area (Å²) in [6.07, 6.45) is 9.19. The predicted octanol–water partition coefficient (Wildman–Crippen LogP) is 1.30. The Morgan fingerprint density at radius 3 is 2.77 bits per heavy atom. The summed E-state index contributed by atoms with van der Waals surface area (Å²) in [6.45, 7) is 0. The summed E-state index contributed by atoms with van der Waals surface area (Å²) in [5.74, 6) is -0.688. The summed E-state index contributed by atoms with van der Waals surface area (Å²) in [5.41, 5.74) is -0.577. The van der Waals surface area contributed by atoms with E-state index in [-0.39, 0.29) is 6.04 Å². The highest BCUT2D eigenvalue weighted by Crippen LogP contribution is 2.36. The average Bonchev–Trinajstić information content (AvgIpc) is 2.87. The number of nitrogens with one attached hydrogen (secondary N) is 1. The van der Waals surface area contributed by atoms with Crippen molar-refractivity contribution in [2.75, 3.05) is 0 Å². The molecule has 13 heavy (non-hydrogen) atoms. The Morgan fingerprint density at radius 1 is 1.54 bits per heavy atom. The molecule has 0 aliphatic heterocycles. The van der Waals surface area contributed by atoms with Crippen molar-refractivity contribution in [3.05, 3.63) is 12.2 Å². The number of aliphatic carboxylic acids is 1. The topological polar surface area (TPSA) is 49.3 Å². The van der Waals surface area contributed by atoms with E-state index < -0.39 is 11.5 Å². The molecular formula is C10H15NO2. The fourth-order valence-electron chi connectivity index (χ4n) is 1.83. The first-order valence-electron chi connectivity index (χ1n) is 4.91. The highest BCUT2D eigenvalue weighted by atomic mass is 16.4. The second-order valence-corrected chi connectivity index (χ2v) is 4.00. The third-order valence-corrected chi connectivity index (χ3v) is 2.88. The molecule has 3 nitrogen and oxygen atoms in total. The maximum Gasteiger partial charge on any atom is 0.323 e. The lowest BCUT2D eigenvalue weighted by atomic mass is 10.0. The van der Waals surface area contributed by atoms with E-state index in [1.165, 1.54) is 6.42 Å². The van der Waals surface area contributed by atoms with Gasteiger partial charge in [-0.2, -0.15) is 0 Å². The van der Waals surface area contributed by atoms with E-state index in [4.69, 9.17) is 5.11 Å². The first-order valence-corrected chi connectivity index (χ1v) is 4.91. The molecule has 3 heteroatoms. The summed E-state index contributed by atoms with van der Waals surface area (Å²) >= 11 is 0. The first kappa shape index (κ1) is 8.75. The molecule has 2 N–H and O–H groups in total. The van der Waals surface area contributed by atoms with Crippen LogP contribution in [0.15, 0.2) is 12.2 Å². The van der Waals surface area contributed by atoms with Crippen LogP contribution in [0.1, 0.15) is 32.1 Å². The highest BCUT2D eigenvalue weighted by molar-refractivity contribution is 5.82. The average molecular weight is 181 g/mol. The summed E-state index contributed by atoms with van der Waals surface area (Å²) in [7, 11) is 0. The molecule has 1 saturated carbocycles. The second kappa shape index (κ2) is 3.14. The smallest absolute Gasteiger partial charge is 0.323 e. The lowest BCUT2D eigenvalue weighted by Gasteiger charge is -2.22. The standard InChI is InChI=1S/C10H15NO2/c12-9(13)10(6-7-10)11-8-4-2-1-3-5-8/h2,4,8,11H,1,3,5-7H2,(H,12,13). The number of allylic oxidation sites excluding steroid dienone is 1. The van der Waals surface area contributed by atoms with Gasteiger partial charge in [-0.1, -0.05) is 12.2 Å². The van der Waals surface area contributed by atoms with Crippen LogP contribution in [-0.2, 0) is 4.79 Å². The van der Waals surface area contributed by atoms with E-state index in [0.717, 1.165) is 25.7 Å². The van der Waals surface area contributed by atoms with E-state index >= 15 is 0 Å². The molecule has 1 unspecified atom stereocenters. The number of hydrogen-bond acceptors (Lipinski definition) is 2. The number of carbonyl (C=O) groups is 1. The van der Waals surface area contributed by atoms with Crippen molar-refractivity contribution in [3.63, 3.8) is 0 Å². The molecule has 0 amide bonds. The highest BCUT2D eigenvalue weighted by Gasteiger charge is 2.50. The molecule has 2 rings (SSSR count). The van der Waals surface area contributed by atoms with E-state index in [1.54, 1.807) is 0 Å². The number of carboxylic acid groups (broad SMARTS) is 1. The molecule has 0 bridgehead atoms. The molecule has 0 heterocycles. The molecule has 1 fully saturated rings. The molecule has 0 saturated heterocycles. The van der Waals surface area contributed by atoms with Gasteiger partial charge in [-0.05, 0) is 32.1 Å². The van der Waals surface area contributed by atoms with Crippen molar-refractivity contribution < 1.29 is 9.90 Å². The largest absolute Gasteiger partial charge is 0.480 e. The molecule has 0 aromatic heterocycles. The van der Waals surface area contributed by atoms with Crippen LogP contribution >= 0.6 is 0 Å². The van der Waals surface area contributed by atoms with Gasteiger partial charge in [0.1, 0.15) is 5.54 Å². The van der Waals surface area contributed by atoms with Crippen LogP contribution in [0, 0.1) is 0 Å². The number of rotatable bonds is 3. The Kier molecular flexibility index (Phi) is 2.12. The first-order chi connectivity index (χ1) is 6.23. The van der Waals surface area contributed by atoms with Crippen LogP contribution < -0.4 is 5.32 Å². The fraction of sp³-hybridized carbons (Fsp3) is 0.700. The molecule has 0 aromatic carbocycles. The quantitative estimate of drug-likeness (QED) is 0.645. The Morgan fingerprint density at radius 2 is 2.31 bits per heavy atom. The summed E-state index contributed by atoms with van der Waals surface area (Å²) in [5, 5.41) is 12.2. The molecule has 1 atom stereocenters. The molecule has 72 valence electrons. The Bertz CT molecular complexity index is 243. The predicted molar refractivity (Wildman–Crippen MR) is 49.5 cm³/mol. The Labute approximate surface area is 77.8 Å². The summed E-state index contributed by atoms with van der Waals surface area (Å²) < 4.78 is 0. The van der Waals surface area contributed by atoms with E-state index in [9.17, 15) is 4.79 Å². The molecule has 0 radical (unpaired) electrons. The van der Waals surface area contributed by atoms with E-state index in [0.29, 0.717) is 0 Å². The molecule has 2 aliphatic carbocycles. The van der Waals surface area contributed by atoms with Crippen LogP contribution in [0.2, 0.25) is 0 Å². The zero-order chi connectivity index (χ0) is 9.31. The summed E-state index contributed by atoms with van der Waals surface area (Å²) in [4.78, 5) is 10.9. The van der Waals surface area contributed by atoms with Crippen molar-refractivity contribution >= 4 is 5.97 Å². The van der Waals surface area contributed by atoms with Crippen molar-refractivity contribution in [1.82, 2.24) is 5.32 Å². The second-order valence-electron chi connectivity index (χ2n) is 4.00. The van der Waals surface area contributed by atoms with Gasteiger partial charge in [-0.15, -0.1) is 0 Å². The minimum absolute atomic E-state index is 0.285. The maximum atomic E-state index is 10.9. The van der Waals surface area contributed by atoms with E-state index in [2.05, 4.69) is 17.5 Å². The Balaban J connectivity index is 1.93. The minimum Gasteiger partial charge on any atom is -0.480 e. The molecular weight excluding hydrogens is 166 g/mol. The van der Waals surface area contributed by atoms with Crippen molar-refractivity contribution in [3.8, 4) is 0 Å². The van der Waals surface area contributed by atoms with Crippen LogP contribution in [0.4, 0.5) is 0 Å². The van der Waals surface area contributed by atoms with Crippen LogP contribution in [0.3, 0.4) is 0 Å². The van der Waals surface area contributed by atoms with Gasteiger partial charge in [0.05, 0.1) is 0 Å². The van der Waals surface area contributed by atoms with Gasteiger partial charge in [-0.3, -0.25) is 10.1 Å². The summed E-state index contributed by atoms with van der Waals surface area (Å²) in [6, 6.07) is 0.285. The minimum atomic E-state index is -0.688. The van der Waals surface area contributed by atoms with Gasteiger partial charge in [0.25, 0.3) is 0 Å². The van der Waals surface area contributed by atoms with Crippen molar-refractivity contribution in [1.29, 1.82) is 0 Å². The SMILES string of the molecule is O=C(O)C1(NC2C=CCCC2)CC1. The van der Waals surface area contributed by atoms with Crippen molar-refractivity contribution in [2.24, 2.45) is 0 Å². The van der Waals surface area contributed by atoms with Crippen molar-refractivity contribution in [2.45, 2.75) is 43.7 Å². The van der Waals surface area contributed by atoms with Crippen LogP contribution in [0.25, 0.3) is 0 Å². The molecule has 0 aromatic rings. The number of hydrogen-bond donors (Lipinski definition) is 2. The van der Waals surface area contributed by atoms with Gasteiger partial charge in [-0.25, -0.2) is 0 Å². The zero-order valence-electron chi connectivity index (χ0n) is 7.62. The van der Waals surface area contributed by atoms with Gasteiger partial charge < -0.3 is 5.11 Å². The molecule has 0 spiro atoms. The monoisotopic (exact) mass is 181 g/mol.